The molecule has 0 bridgehead atoms. The molecule has 1 atom stereocenters. The third-order valence-electron chi connectivity index (χ3n) is 12.9. The van der Waals surface area contributed by atoms with Gasteiger partial charge in [0.1, 0.15) is 13.2 Å². The van der Waals surface area contributed by atoms with Crippen LogP contribution in [-0.4, -0.2) is 37.2 Å². The molecule has 0 aromatic rings. The zero-order valence-electron chi connectivity index (χ0n) is 42.2. The Hall–Kier alpha value is -1.59. The van der Waals surface area contributed by atoms with Crippen LogP contribution in [0.15, 0.2) is 0 Å². The number of ether oxygens (including phenoxy) is 3. The van der Waals surface area contributed by atoms with Crippen LogP contribution >= 0.6 is 0 Å². The highest BCUT2D eigenvalue weighted by atomic mass is 16.6. The molecule has 0 aromatic heterocycles. The van der Waals surface area contributed by atoms with Crippen LogP contribution in [0.4, 0.5) is 0 Å². The van der Waals surface area contributed by atoms with Gasteiger partial charge in [0, 0.05) is 19.3 Å². The maximum absolute atomic E-state index is 12.7. The summed E-state index contributed by atoms with van der Waals surface area (Å²) in [5.74, 6) is -0.858. The van der Waals surface area contributed by atoms with Gasteiger partial charge in [-0.15, -0.1) is 0 Å². The first-order valence-corrected chi connectivity index (χ1v) is 28.0. The van der Waals surface area contributed by atoms with Crippen LogP contribution in [0.25, 0.3) is 0 Å². The number of unbranched alkanes of at least 4 members (excludes halogenated alkanes) is 41. The molecule has 6 nitrogen and oxygen atoms in total. The Morgan fingerprint density at radius 1 is 0.258 bits per heavy atom. The number of hydrogen-bond acceptors (Lipinski definition) is 6. The lowest BCUT2D eigenvalue weighted by Crippen LogP contribution is -2.30. The molecule has 0 fully saturated rings. The smallest absolute Gasteiger partial charge is 0.306 e. The number of rotatable bonds is 52. The maximum atomic E-state index is 12.7. The van der Waals surface area contributed by atoms with Crippen LogP contribution in [0.5, 0.6) is 0 Å². The molecule has 0 aromatic carbocycles. The van der Waals surface area contributed by atoms with E-state index in [-0.39, 0.29) is 31.1 Å². The quantitative estimate of drug-likeness (QED) is 0.0344. The fraction of sp³-hybridized carbons (Fsp3) is 0.946. The van der Waals surface area contributed by atoms with Crippen molar-refractivity contribution in [3.63, 3.8) is 0 Å². The van der Waals surface area contributed by atoms with Gasteiger partial charge >= 0.3 is 17.9 Å². The number of carbonyl (C=O) groups is 3. The second kappa shape index (κ2) is 52.0. The molecule has 0 aliphatic heterocycles. The SMILES string of the molecule is CCCCCCCCCCCCCCCCCCCCCCCCCCCCCC(=O)OCC(COC(=O)CCCCCCC)OC(=O)CCCCCCCCCCCCCC. The van der Waals surface area contributed by atoms with Gasteiger partial charge in [-0.1, -0.05) is 284 Å². The van der Waals surface area contributed by atoms with E-state index in [9.17, 15) is 14.4 Å². The molecule has 0 amide bonds. The molecule has 62 heavy (non-hydrogen) atoms. The highest BCUT2D eigenvalue weighted by Crippen LogP contribution is 2.18. The highest BCUT2D eigenvalue weighted by Gasteiger charge is 2.19. The lowest BCUT2D eigenvalue weighted by Gasteiger charge is -2.18. The van der Waals surface area contributed by atoms with Gasteiger partial charge in [0.2, 0.25) is 0 Å². The van der Waals surface area contributed by atoms with Crippen LogP contribution in [0, 0.1) is 0 Å². The average molecular weight is 877 g/mol. The van der Waals surface area contributed by atoms with Crippen LogP contribution in [-0.2, 0) is 28.6 Å². The van der Waals surface area contributed by atoms with Crippen LogP contribution in [0.1, 0.15) is 323 Å². The molecule has 0 aliphatic rings. The lowest BCUT2D eigenvalue weighted by atomic mass is 10.0. The van der Waals surface area contributed by atoms with Gasteiger partial charge in [-0.05, 0) is 19.3 Å². The molecule has 0 saturated heterocycles. The van der Waals surface area contributed by atoms with Crippen LogP contribution in [0.3, 0.4) is 0 Å². The predicted octanol–water partition coefficient (Wildman–Crippen LogP) is 18.4. The first kappa shape index (κ1) is 60.4. The molecule has 0 aliphatic carbocycles. The van der Waals surface area contributed by atoms with Crippen LogP contribution in [0.2, 0.25) is 0 Å². The van der Waals surface area contributed by atoms with Crippen LogP contribution < -0.4 is 0 Å². The van der Waals surface area contributed by atoms with E-state index in [0.717, 1.165) is 64.2 Å². The average Bonchev–Trinajstić information content (AvgIpc) is 3.27. The van der Waals surface area contributed by atoms with E-state index in [2.05, 4.69) is 20.8 Å². The summed E-state index contributed by atoms with van der Waals surface area (Å²) in [4.78, 5) is 37.6. The van der Waals surface area contributed by atoms with E-state index < -0.39 is 6.10 Å². The molecular formula is C56H108O6. The largest absolute Gasteiger partial charge is 0.462 e. The summed E-state index contributed by atoms with van der Waals surface area (Å²) in [5.41, 5.74) is 0. The molecule has 0 saturated carbocycles. The number of hydrogen-bond donors (Lipinski definition) is 0. The van der Waals surface area contributed by atoms with Gasteiger partial charge in [0.15, 0.2) is 6.10 Å². The predicted molar refractivity (Wildman–Crippen MR) is 266 cm³/mol. The summed E-state index contributed by atoms with van der Waals surface area (Å²) in [5, 5.41) is 0. The van der Waals surface area contributed by atoms with E-state index >= 15 is 0 Å². The van der Waals surface area contributed by atoms with Gasteiger partial charge in [0.05, 0.1) is 0 Å². The molecular weight excluding hydrogens is 769 g/mol. The standard InChI is InChI=1S/C56H108O6/c1-4-7-10-13-15-17-19-21-22-23-24-25-26-27-28-29-30-31-32-33-34-35-37-38-40-43-46-49-55(58)61-52-53(51-60-54(57)48-45-42-12-9-6-3)62-56(59)50-47-44-41-39-36-20-18-16-14-11-8-5-2/h53H,4-52H2,1-3H3. The van der Waals surface area contributed by atoms with Crippen molar-refractivity contribution in [3.05, 3.63) is 0 Å². The monoisotopic (exact) mass is 877 g/mol. The summed E-state index contributed by atoms with van der Waals surface area (Å²) in [7, 11) is 0. The Labute approximate surface area is 387 Å². The van der Waals surface area contributed by atoms with Crippen molar-refractivity contribution in [2.75, 3.05) is 13.2 Å². The zero-order chi connectivity index (χ0) is 45.1. The number of esters is 3. The fourth-order valence-electron chi connectivity index (χ4n) is 8.62. The third-order valence-corrected chi connectivity index (χ3v) is 12.9. The minimum atomic E-state index is -0.758. The van der Waals surface area contributed by atoms with Crippen molar-refractivity contribution in [3.8, 4) is 0 Å². The zero-order valence-corrected chi connectivity index (χ0v) is 42.2. The molecule has 6 heteroatoms. The van der Waals surface area contributed by atoms with Gasteiger partial charge < -0.3 is 14.2 Å². The Morgan fingerprint density at radius 3 is 0.645 bits per heavy atom. The third kappa shape index (κ3) is 49.4. The van der Waals surface area contributed by atoms with E-state index in [4.69, 9.17) is 14.2 Å². The Morgan fingerprint density at radius 2 is 0.435 bits per heavy atom. The first-order valence-electron chi connectivity index (χ1n) is 28.0. The Balaban J connectivity index is 3.91. The summed E-state index contributed by atoms with van der Waals surface area (Å²) < 4.78 is 16.7. The summed E-state index contributed by atoms with van der Waals surface area (Å²) in [6, 6.07) is 0. The van der Waals surface area contributed by atoms with Crippen molar-refractivity contribution in [2.24, 2.45) is 0 Å². The first-order chi connectivity index (χ1) is 30.5. The lowest BCUT2D eigenvalue weighted by molar-refractivity contribution is -0.167. The van der Waals surface area contributed by atoms with Crippen molar-refractivity contribution in [1.82, 2.24) is 0 Å². The highest BCUT2D eigenvalue weighted by molar-refractivity contribution is 5.71. The summed E-state index contributed by atoms with van der Waals surface area (Å²) >= 11 is 0. The minimum absolute atomic E-state index is 0.0632. The second-order valence-corrected chi connectivity index (χ2v) is 19.2. The summed E-state index contributed by atoms with van der Waals surface area (Å²) in [6.07, 6.45) is 57.3. The van der Waals surface area contributed by atoms with E-state index in [1.165, 1.54) is 218 Å². The van der Waals surface area contributed by atoms with Gasteiger partial charge in [-0.3, -0.25) is 14.4 Å². The van der Waals surface area contributed by atoms with Gasteiger partial charge in [0.25, 0.3) is 0 Å². The molecule has 0 heterocycles. The summed E-state index contributed by atoms with van der Waals surface area (Å²) in [6.45, 7) is 6.60. The maximum Gasteiger partial charge on any atom is 0.306 e. The fourth-order valence-corrected chi connectivity index (χ4v) is 8.62. The number of carbonyl (C=O) groups excluding carboxylic acids is 3. The van der Waals surface area contributed by atoms with E-state index in [1.54, 1.807) is 0 Å². The van der Waals surface area contributed by atoms with Crippen molar-refractivity contribution in [2.45, 2.75) is 329 Å². The Kier molecular flexibility index (Phi) is 50.7. The molecule has 0 rings (SSSR count). The van der Waals surface area contributed by atoms with E-state index in [0.29, 0.717) is 19.3 Å². The van der Waals surface area contributed by atoms with Crippen molar-refractivity contribution >= 4 is 17.9 Å². The molecule has 0 N–H and O–H groups in total. The topological polar surface area (TPSA) is 78.9 Å². The molecule has 368 valence electrons. The van der Waals surface area contributed by atoms with Crippen molar-refractivity contribution < 1.29 is 28.6 Å². The van der Waals surface area contributed by atoms with Gasteiger partial charge in [-0.2, -0.15) is 0 Å². The molecule has 1 unspecified atom stereocenters. The Bertz CT molecular complexity index is 920. The van der Waals surface area contributed by atoms with E-state index in [1.807, 2.05) is 0 Å². The molecule has 0 spiro atoms. The van der Waals surface area contributed by atoms with Gasteiger partial charge in [-0.25, -0.2) is 0 Å². The normalized spacial score (nSPS) is 11.9. The minimum Gasteiger partial charge on any atom is -0.462 e. The second-order valence-electron chi connectivity index (χ2n) is 19.2. The molecule has 0 radical (unpaired) electrons. The van der Waals surface area contributed by atoms with Crippen molar-refractivity contribution in [1.29, 1.82) is 0 Å².